The molecule has 172 valence electrons. The number of carbonyl (C=O) groups is 1. The van der Waals surface area contributed by atoms with Crippen molar-refractivity contribution in [3.05, 3.63) is 58.1 Å². The lowest BCUT2D eigenvalue weighted by Gasteiger charge is -2.32. The summed E-state index contributed by atoms with van der Waals surface area (Å²) in [5.41, 5.74) is 7.29. The molecule has 0 fully saturated rings. The normalized spacial score (nSPS) is 15.0. The number of amides is 1. The number of fused-ring (bicyclic) bond motifs is 3. The van der Waals surface area contributed by atoms with E-state index < -0.39 is 6.23 Å². The molecule has 3 aromatic rings. The summed E-state index contributed by atoms with van der Waals surface area (Å²) in [7, 11) is 0. The van der Waals surface area contributed by atoms with E-state index in [0.29, 0.717) is 22.6 Å². The van der Waals surface area contributed by atoms with Gasteiger partial charge in [-0.3, -0.25) is 9.69 Å². The number of thioether (sulfide) groups is 1. The Kier molecular flexibility index (Phi) is 6.43. The fourth-order valence-corrected chi connectivity index (χ4v) is 4.87. The number of anilines is 1. The molecule has 0 N–H and O–H groups in total. The number of benzene rings is 2. The van der Waals surface area contributed by atoms with Gasteiger partial charge in [-0.2, -0.15) is 4.98 Å². The van der Waals surface area contributed by atoms with E-state index in [1.807, 2.05) is 33.8 Å². The zero-order valence-corrected chi connectivity index (χ0v) is 21.1. The molecule has 33 heavy (non-hydrogen) atoms. The Morgan fingerprint density at radius 2 is 1.82 bits per heavy atom. The van der Waals surface area contributed by atoms with Gasteiger partial charge in [-0.05, 0) is 50.8 Å². The smallest absolute Gasteiger partial charge is 0.247 e. The summed E-state index contributed by atoms with van der Waals surface area (Å²) in [5, 5.41) is 9.50. The highest BCUT2D eigenvalue weighted by Crippen LogP contribution is 2.46. The van der Waals surface area contributed by atoms with Gasteiger partial charge in [0, 0.05) is 23.8 Å². The van der Waals surface area contributed by atoms with Gasteiger partial charge in [-0.25, -0.2) is 0 Å². The molecule has 1 aliphatic rings. The van der Waals surface area contributed by atoms with Crippen LogP contribution in [-0.4, -0.2) is 26.8 Å². The minimum Gasteiger partial charge on any atom is -0.447 e. The summed E-state index contributed by atoms with van der Waals surface area (Å²) >= 11 is 1.56. The number of hydrogen-bond acceptors (Lipinski definition) is 6. The van der Waals surface area contributed by atoms with Crippen molar-refractivity contribution >= 4 is 23.4 Å². The number of nitrogens with zero attached hydrogens (tertiary/aromatic N) is 4. The Labute approximate surface area is 199 Å². The Balaban J connectivity index is 1.98. The van der Waals surface area contributed by atoms with Crippen molar-refractivity contribution in [2.45, 2.75) is 59.9 Å². The summed E-state index contributed by atoms with van der Waals surface area (Å²) in [6.45, 7) is 14.0. The van der Waals surface area contributed by atoms with Gasteiger partial charge in [-0.15, -0.1) is 10.2 Å². The molecule has 2 aromatic carbocycles. The van der Waals surface area contributed by atoms with Gasteiger partial charge in [0.2, 0.25) is 23.2 Å². The molecule has 1 amide bonds. The van der Waals surface area contributed by atoms with Crippen LogP contribution in [0.25, 0.3) is 11.3 Å². The number of rotatable bonds is 4. The van der Waals surface area contributed by atoms with E-state index in [-0.39, 0.29) is 5.91 Å². The third-order valence-electron chi connectivity index (χ3n) is 5.62. The van der Waals surface area contributed by atoms with Crippen LogP contribution in [0, 0.1) is 33.6 Å². The average Bonchev–Trinajstić information content (AvgIpc) is 2.88. The predicted octanol–water partition coefficient (Wildman–Crippen LogP) is 5.96. The van der Waals surface area contributed by atoms with Crippen LogP contribution in [0.5, 0.6) is 5.88 Å². The van der Waals surface area contributed by atoms with Gasteiger partial charge in [0.1, 0.15) is 0 Å². The van der Waals surface area contributed by atoms with Gasteiger partial charge >= 0.3 is 0 Å². The van der Waals surface area contributed by atoms with Crippen molar-refractivity contribution < 1.29 is 9.53 Å². The van der Waals surface area contributed by atoms with E-state index in [2.05, 4.69) is 48.3 Å². The molecule has 7 heteroatoms. The first-order valence-electron chi connectivity index (χ1n) is 11.2. The molecule has 0 saturated carbocycles. The number of hydrogen-bond donors (Lipinski definition) is 0. The first kappa shape index (κ1) is 23.2. The molecule has 1 atom stereocenters. The van der Waals surface area contributed by atoms with Crippen LogP contribution in [0.4, 0.5) is 5.69 Å². The molecule has 0 aliphatic carbocycles. The first-order valence-corrected chi connectivity index (χ1v) is 12.2. The molecule has 0 bridgehead atoms. The third kappa shape index (κ3) is 4.60. The summed E-state index contributed by atoms with van der Waals surface area (Å²) < 4.78 is 6.56. The molecule has 1 aromatic heterocycles. The molecule has 0 spiro atoms. The molecule has 6 nitrogen and oxygen atoms in total. The maximum atomic E-state index is 13.1. The molecule has 1 unspecified atom stereocenters. The highest BCUT2D eigenvalue weighted by Gasteiger charge is 2.36. The second-order valence-corrected chi connectivity index (χ2v) is 10.1. The monoisotopic (exact) mass is 462 g/mol. The van der Waals surface area contributed by atoms with Crippen LogP contribution in [0.2, 0.25) is 0 Å². The molecule has 4 rings (SSSR count). The van der Waals surface area contributed by atoms with Crippen molar-refractivity contribution in [3.63, 3.8) is 0 Å². The lowest BCUT2D eigenvalue weighted by atomic mass is 9.99. The maximum absolute atomic E-state index is 13.1. The Hall–Kier alpha value is -2.93. The van der Waals surface area contributed by atoms with E-state index in [1.165, 1.54) is 0 Å². The summed E-state index contributed by atoms with van der Waals surface area (Å²) in [6, 6.07) is 10.3. The second kappa shape index (κ2) is 9.14. The third-order valence-corrected chi connectivity index (χ3v) is 6.88. The molecule has 2 heterocycles. The molecule has 0 radical (unpaired) electrons. The topological polar surface area (TPSA) is 68.2 Å². The van der Waals surface area contributed by atoms with Crippen molar-refractivity contribution in [2.75, 3.05) is 10.7 Å². The highest BCUT2D eigenvalue weighted by atomic mass is 32.2. The van der Waals surface area contributed by atoms with Gasteiger partial charge in [0.25, 0.3) is 0 Å². The minimum atomic E-state index is -0.663. The fraction of sp³-hybridized carbons (Fsp3) is 0.385. The van der Waals surface area contributed by atoms with Crippen LogP contribution >= 0.6 is 11.8 Å². The maximum Gasteiger partial charge on any atom is 0.247 e. The number of aromatic nitrogens is 3. The standard InChI is InChI=1S/C26H30N4O2S/c1-14(2)13-33-26-27-24-22(28-29-26)21-12-16(4)10-18(6)23(21)30(19(7)31)25(32-24)20-11-15(3)8-9-17(20)5/h8-12,14,25H,13H2,1-7H3. The van der Waals surface area contributed by atoms with Crippen molar-refractivity contribution in [1.82, 2.24) is 15.2 Å². The predicted molar refractivity (Wildman–Crippen MR) is 133 cm³/mol. The Morgan fingerprint density at radius 1 is 1.06 bits per heavy atom. The van der Waals surface area contributed by atoms with E-state index in [4.69, 9.17) is 9.72 Å². The Morgan fingerprint density at radius 3 is 2.52 bits per heavy atom. The average molecular weight is 463 g/mol. The highest BCUT2D eigenvalue weighted by molar-refractivity contribution is 7.99. The van der Waals surface area contributed by atoms with Crippen LogP contribution in [-0.2, 0) is 4.79 Å². The summed E-state index contributed by atoms with van der Waals surface area (Å²) in [4.78, 5) is 19.6. The van der Waals surface area contributed by atoms with Crippen LogP contribution in [0.1, 0.15) is 54.8 Å². The van der Waals surface area contributed by atoms with Crippen LogP contribution < -0.4 is 9.64 Å². The quantitative estimate of drug-likeness (QED) is 0.445. The number of carbonyl (C=O) groups excluding carboxylic acids is 1. The van der Waals surface area contributed by atoms with Crippen molar-refractivity contribution in [1.29, 1.82) is 0 Å². The van der Waals surface area contributed by atoms with Gasteiger partial charge in [-0.1, -0.05) is 61.0 Å². The van der Waals surface area contributed by atoms with Crippen LogP contribution in [0.15, 0.2) is 35.5 Å². The fourth-order valence-electron chi connectivity index (χ4n) is 4.14. The molecular formula is C26H30N4O2S. The van der Waals surface area contributed by atoms with E-state index in [0.717, 1.165) is 44.8 Å². The molecular weight excluding hydrogens is 432 g/mol. The molecule has 0 saturated heterocycles. The van der Waals surface area contributed by atoms with Crippen LogP contribution in [0.3, 0.4) is 0 Å². The van der Waals surface area contributed by atoms with Gasteiger partial charge in [0.15, 0.2) is 5.69 Å². The summed E-state index contributed by atoms with van der Waals surface area (Å²) in [6.07, 6.45) is -0.663. The van der Waals surface area contributed by atoms with E-state index >= 15 is 0 Å². The SMILES string of the molecule is CC(=O)N1c2c(C)cc(C)cc2-c2nnc(SCC(C)C)nc2OC1c1cc(C)ccc1C. The largest absolute Gasteiger partial charge is 0.447 e. The lowest BCUT2D eigenvalue weighted by molar-refractivity contribution is -0.118. The van der Waals surface area contributed by atoms with Crippen molar-refractivity contribution in [2.24, 2.45) is 5.92 Å². The zero-order chi connectivity index (χ0) is 23.9. The van der Waals surface area contributed by atoms with E-state index in [1.54, 1.807) is 23.6 Å². The lowest BCUT2D eigenvalue weighted by Crippen LogP contribution is -2.37. The number of aryl methyl sites for hydroxylation is 4. The zero-order valence-electron chi connectivity index (χ0n) is 20.3. The summed E-state index contributed by atoms with van der Waals surface area (Å²) in [5.74, 6) is 1.68. The van der Waals surface area contributed by atoms with Crippen molar-refractivity contribution in [3.8, 4) is 17.1 Å². The Bertz CT molecular complexity index is 1230. The minimum absolute atomic E-state index is 0.107. The van der Waals surface area contributed by atoms with E-state index in [9.17, 15) is 4.79 Å². The second-order valence-electron chi connectivity index (χ2n) is 9.15. The van der Waals surface area contributed by atoms with Gasteiger partial charge in [0.05, 0.1) is 5.69 Å². The number of ether oxygens (including phenoxy) is 1. The first-order chi connectivity index (χ1) is 15.7. The van der Waals surface area contributed by atoms with Gasteiger partial charge < -0.3 is 4.74 Å². The molecule has 1 aliphatic heterocycles.